The Morgan fingerprint density at radius 3 is 2.73 bits per heavy atom. The fourth-order valence-electron chi connectivity index (χ4n) is 4.40. The highest BCUT2D eigenvalue weighted by molar-refractivity contribution is 7.21. The van der Waals surface area contributed by atoms with Gasteiger partial charge in [0.15, 0.2) is 0 Å². The number of carboxylic acids is 1. The molecule has 0 radical (unpaired) electrons. The van der Waals surface area contributed by atoms with E-state index in [-0.39, 0.29) is 11.9 Å². The van der Waals surface area contributed by atoms with Gasteiger partial charge in [-0.1, -0.05) is 31.5 Å². The zero-order chi connectivity index (χ0) is 23.2. The molecule has 3 aromatic rings. The molecule has 1 saturated heterocycles. The molecule has 2 N–H and O–H groups in total. The molecule has 1 aromatic heterocycles. The lowest BCUT2D eigenvalue weighted by atomic mass is 10.0. The maximum Gasteiger partial charge on any atom is 0.346 e. The van der Waals surface area contributed by atoms with E-state index in [4.69, 9.17) is 4.74 Å². The highest BCUT2D eigenvalue weighted by Gasteiger charge is 2.29. The lowest BCUT2D eigenvalue weighted by molar-refractivity contribution is -0.117. The van der Waals surface area contributed by atoms with E-state index < -0.39 is 5.97 Å². The van der Waals surface area contributed by atoms with Crippen LogP contribution in [0.3, 0.4) is 0 Å². The smallest absolute Gasteiger partial charge is 0.346 e. The van der Waals surface area contributed by atoms with E-state index in [1.807, 2.05) is 48.5 Å². The number of fused-ring (bicyclic) bond motifs is 1. The number of nitrogens with one attached hydrogen (secondary N) is 1. The monoisotopic (exact) mass is 466 g/mol. The molecular weight excluding hydrogens is 436 g/mol. The minimum atomic E-state index is -0.879. The topological polar surface area (TPSA) is 78.9 Å². The molecule has 2 heterocycles. The normalized spacial score (nSPS) is 16.2. The summed E-state index contributed by atoms with van der Waals surface area (Å²) in [7, 11) is 0. The van der Waals surface area contributed by atoms with Gasteiger partial charge in [-0.25, -0.2) is 4.79 Å². The molecule has 7 heteroatoms. The third-order valence-electron chi connectivity index (χ3n) is 6.08. The van der Waals surface area contributed by atoms with Gasteiger partial charge >= 0.3 is 5.97 Å². The summed E-state index contributed by atoms with van der Waals surface area (Å²) in [6, 6.07) is 15.5. The Balaban J connectivity index is 1.38. The molecule has 1 fully saturated rings. The van der Waals surface area contributed by atoms with Crippen LogP contribution in [0.5, 0.6) is 5.75 Å². The van der Waals surface area contributed by atoms with Crippen LogP contribution in [-0.2, 0) is 11.2 Å². The Hall–Kier alpha value is -2.90. The van der Waals surface area contributed by atoms with Gasteiger partial charge in [0.25, 0.3) is 0 Å². The van der Waals surface area contributed by atoms with E-state index in [1.54, 1.807) is 0 Å². The number of likely N-dealkylation sites (tertiary alicyclic amines) is 1. The summed E-state index contributed by atoms with van der Waals surface area (Å²) in [5.41, 5.74) is 1.63. The van der Waals surface area contributed by atoms with Gasteiger partial charge in [-0.05, 0) is 73.5 Å². The number of rotatable bonds is 10. The van der Waals surface area contributed by atoms with Gasteiger partial charge in [0.05, 0.1) is 13.2 Å². The molecule has 0 spiro atoms. The molecule has 33 heavy (non-hydrogen) atoms. The molecule has 0 saturated carbocycles. The molecular formula is C26H30N2O4S. The van der Waals surface area contributed by atoms with Crippen molar-refractivity contribution >= 4 is 39.0 Å². The average molecular weight is 467 g/mol. The first-order chi connectivity index (χ1) is 16.0. The zero-order valence-electron chi connectivity index (χ0n) is 18.9. The number of thiophene rings is 1. The van der Waals surface area contributed by atoms with Crippen LogP contribution in [0.4, 0.5) is 5.69 Å². The quantitative estimate of drug-likeness (QED) is 0.390. The van der Waals surface area contributed by atoms with Gasteiger partial charge in [-0.3, -0.25) is 9.69 Å². The van der Waals surface area contributed by atoms with E-state index in [1.165, 1.54) is 11.3 Å². The molecule has 1 atom stereocenters. The second-order valence-corrected chi connectivity index (χ2v) is 9.51. The van der Waals surface area contributed by atoms with Crippen molar-refractivity contribution in [1.82, 2.24) is 4.90 Å². The van der Waals surface area contributed by atoms with Crippen LogP contribution in [0.15, 0.2) is 48.5 Å². The second-order valence-electron chi connectivity index (χ2n) is 8.46. The van der Waals surface area contributed by atoms with E-state index in [2.05, 4.69) is 17.1 Å². The molecule has 6 nitrogen and oxygen atoms in total. The second kappa shape index (κ2) is 10.8. The average Bonchev–Trinajstić information content (AvgIpc) is 3.40. The molecule has 0 aliphatic carbocycles. The van der Waals surface area contributed by atoms with Crippen molar-refractivity contribution in [2.45, 2.75) is 45.1 Å². The van der Waals surface area contributed by atoms with Gasteiger partial charge in [-0.2, -0.15) is 0 Å². The number of anilines is 1. The Morgan fingerprint density at radius 2 is 1.97 bits per heavy atom. The summed E-state index contributed by atoms with van der Waals surface area (Å²) in [4.78, 5) is 27.2. The van der Waals surface area contributed by atoms with Crippen molar-refractivity contribution in [3.63, 3.8) is 0 Å². The lowest BCUT2D eigenvalue weighted by Crippen LogP contribution is -2.38. The first kappa shape index (κ1) is 23.3. The van der Waals surface area contributed by atoms with Crippen molar-refractivity contribution in [2.75, 3.05) is 25.0 Å². The van der Waals surface area contributed by atoms with Crippen molar-refractivity contribution in [1.29, 1.82) is 0 Å². The Morgan fingerprint density at radius 1 is 1.18 bits per heavy atom. The van der Waals surface area contributed by atoms with Gasteiger partial charge in [-0.15, -0.1) is 11.3 Å². The lowest BCUT2D eigenvalue weighted by Gasteiger charge is -2.24. The maximum atomic E-state index is 12.7. The zero-order valence-corrected chi connectivity index (χ0v) is 19.7. The largest absolute Gasteiger partial charge is 0.494 e. The Bertz CT molecular complexity index is 1110. The predicted molar refractivity (Wildman–Crippen MR) is 133 cm³/mol. The third-order valence-corrected chi connectivity index (χ3v) is 7.28. The van der Waals surface area contributed by atoms with Gasteiger partial charge < -0.3 is 15.2 Å². The van der Waals surface area contributed by atoms with Crippen molar-refractivity contribution < 1.29 is 19.4 Å². The number of carboxylic acid groups (broad SMARTS) is 1. The predicted octanol–water partition coefficient (Wildman–Crippen LogP) is 5.42. The van der Waals surface area contributed by atoms with Crippen LogP contribution in [-0.4, -0.2) is 47.6 Å². The molecule has 0 bridgehead atoms. The van der Waals surface area contributed by atoms with Crippen LogP contribution in [0.25, 0.3) is 10.1 Å². The van der Waals surface area contributed by atoms with Crippen LogP contribution < -0.4 is 10.1 Å². The number of aromatic carboxylic acids is 1. The van der Waals surface area contributed by atoms with Gasteiger partial charge in [0.2, 0.25) is 5.91 Å². The summed E-state index contributed by atoms with van der Waals surface area (Å²) < 4.78 is 6.67. The number of carbonyl (C=O) groups excluding carboxylic acids is 1. The molecule has 0 unspecified atom stereocenters. The van der Waals surface area contributed by atoms with Gasteiger partial charge in [0.1, 0.15) is 10.6 Å². The summed E-state index contributed by atoms with van der Waals surface area (Å²) in [5.74, 6) is -0.135. The number of hydrogen-bond donors (Lipinski definition) is 2. The standard InChI is InChI=1S/C26H30N2O4S/c1-2-3-15-32-20-12-10-18(11-13-20)27-24(29)17-28-14-6-7-19(28)16-22-21-8-4-5-9-23(21)33-25(22)26(30)31/h4-5,8-13,19H,2-3,6-7,14-17H2,1H3,(H,27,29)(H,30,31)/t19-/m1/s1. The highest BCUT2D eigenvalue weighted by Crippen LogP contribution is 2.34. The Labute approximate surface area is 198 Å². The summed E-state index contributed by atoms with van der Waals surface area (Å²) >= 11 is 1.33. The number of ether oxygens (including phenoxy) is 1. The minimum Gasteiger partial charge on any atom is -0.494 e. The molecule has 1 amide bonds. The summed E-state index contributed by atoms with van der Waals surface area (Å²) in [6.07, 6.45) is 4.71. The first-order valence-corrected chi connectivity index (χ1v) is 12.4. The number of hydrogen-bond acceptors (Lipinski definition) is 5. The van der Waals surface area contributed by atoms with E-state index in [0.29, 0.717) is 24.4 Å². The number of nitrogens with zero attached hydrogens (tertiary/aromatic N) is 1. The number of carbonyl (C=O) groups is 2. The number of benzene rings is 2. The van der Waals surface area contributed by atoms with Crippen molar-refractivity contribution in [2.24, 2.45) is 0 Å². The molecule has 1 aliphatic heterocycles. The fraction of sp³-hybridized carbons (Fsp3) is 0.385. The van der Waals surface area contributed by atoms with Crippen LogP contribution in [0.2, 0.25) is 0 Å². The van der Waals surface area contributed by atoms with E-state index in [0.717, 1.165) is 59.3 Å². The Kier molecular flexibility index (Phi) is 7.62. The summed E-state index contributed by atoms with van der Waals surface area (Å²) in [5, 5.41) is 13.7. The van der Waals surface area contributed by atoms with Crippen LogP contribution >= 0.6 is 11.3 Å². The first-order valence-electron chi connectivity index (χ1n) is 11.6. The van der Waals surface area contributed by atoms with E-state index >= 15 is 0 Å². The molecule has 1 aliphatic rings. The van der Waals surface area contributed by atoms with Crippen molar-refractivity contribution in [3.05, 3.63) is 59.0 Å². The fourth-order valence-corrected chi connectivity index (χ4v) is 5.47. The molecule has 4 rings (SSSR count). The number of unbranched alkanes of at least 4 members (excludes halogenated alkanes) is 1. The van der Waals surface area contributed by atoms with Gasteiger partial charge in [0, 0.05) is 16.4 Å². The maximum absolute atomic E-state index is 12.7. The molecule has 2 aromatic carbocycles. The minimum absolute atomic E-state index is 0.0600. The van der Waals surface area contributed by atoms with Crippen LogP contribution in [0.1, 0.15) is 47.8 Å². The third kappa shape index (κ3) is 5.72. The number of amides is 1. The SMILES string of the molecule is CCCCOc1ccc(NC(=O)CN2CCC[C@@H]2Cc2c(C(=O)O)sc3ccccc23)cc1. The van der Waals surface area contributed by atoms with Crippen LogP contribution in [0, 0.1) is 0 Å². The molecule has 174 valence electrons. The summed E-state index contributed by atoms with van der Waals surface area (Å²) in [6.45, 7) is 3.96. The highest BCUT2D eigenvalue weighted by atomic mass is 32.1. The van der Waals surface area contributed by atoms with E-state index in [9.17, 15) is 14.7 Å². The van der Waals surface area contributed by atoms with Crippen molar-refractivity contribution in [3.8, 4) is 5.75 Å².